The van der Waals surface area contributed by atoms with Gasteiger partial charge in [-0.15, -0.1) is 0 Å². The van der Waals surface area contributed by atoms with Crippen LogP contribution in [0.3, 0.4) is 0 Å². The van der Waals surface area contributed by atoms with Gasteiger partial charge in [-0.2, -0.15) is 0 Å². The summed E-state index contributed by atoms with van der Waals surface area (Å²) in [5.74, 6) is -0.880. The number of amides is 1. The molecule has 0 heterocycles. The highest BCUT2D eigenvalue weighted by Gasteiger charge is 2.18. The van der Waals surface area contributed by atoms with Gasteiger partial charge in [0.1, 0.15) is 0 Å². The molecule has 25 heavy (non-hydrogen) atoms. The lowest BCUT2D eigenvalue weighted by Gasteiger charge is -2.14. The number of rotatable bonds is 5. The first-order chi connectivity index (χ1) is 11.7. The standard InChI is InChI=1S/C17H18N2O5S/c1-11-15(18-12(2)20)8-5-9-16(11)19-25(22,23)14-7-4-6-13(10-14)17(21)24-3/h4-10,19H,1-3H3,(H,18,20). The molecule has 2 aromatic rings. The summed E-state index contributed by atoms with van der Waals surface area (Å²) < 4.78 is 32.3. The van der Waals surface area contributed by atoms with Crippen molar-refractivity contribution in [1.82, 2.24) is 0 Å². The zero-order valence-electron chi connectivity index (χ0n) is 14.0. The van der Waals surface area contributed by atoms with Gasteiger partial charge in [-0.1, -0.05) is 12.1 Å². The summed E-state index contributed by atoms with van der Waals surface area (Å²) in [5, 5.41) is 2.64. The molecule has 0 aliphatic rings. The third kappa shape index (κ3) is 4.36. The first-order valence-corrected chi connectivity index (χ1v) is 8.81. The van der Waals surface area contributed by atoms with E-state index in [1.54, 1.807) is 25.1 Å². The first-order valence-electron chi connectivity index (χ1n) is 7.33. The highest BCUT2D eigenvalue weighted by atomic mass is 32.2. The van der Waals surface area contributed by atoms with Crippen molar-refractivity contribution < 1.29 is 22.7 Å². The Morgan fingerprint density at radius 1 is 1.04 bits per heavy atom. The zero-order chi connectivity index (χ0) is 18.6. The molecule has 2 rings (SSSR count). The maximum absolute atomic E-state index is 12.6. The van der Waals surface area contributed by atoms with Crippen LogP contribution in [0.1, 0.15) is 22.8 Å². The van der Waals surface area contributed by atoms with E-state index in [1.165, 1.54) is 38.3 Å². The fourth-order valence-electron chi connectivity index (χ4n) is 2.18. The van der Waals surface area contributed by atoms with Crippen LogP contribution >= 0.6 is 0 Å². The van der Waals surface area contributed by atoms with Crippen LogP contribution in [-0.4, -0.2) is 27.4 Å². The Morgan fingerprint density at radius 3 is 2.32 bits per heavy atom. The molecule has 0 aliphatic carbocycles. The fraction of sp³-hybridized carbons (Fsp3) is 0.176. The minimum Gasteiger partial charge on any atom is -0.465 e. The maximum Gasteiger partial charge on any atom is 0.337 e. The summed E-state index contributed by atoms with van der Waals surface area (Å²) in [6.07, 6.45) is 0. The lowest BCUT2D eigenvalue weighted by Crippen LogP contribution is -2.15. The number of carbonyl (C=O) groups is 2. The second-order valence-electron chi connectivity index (χ2n) is 5.28. The first kappa shape index (κ1) is 18.5. The van der Waals surface area contributed by atoms with Crippen molar-refractivity contribution >= 4 is 33.3 Å². The monoisotopic (exact) mass is 362 g/mol. The van der Waals surface area contributed by atoms with Crippen molar-refractivity contribution in [2.24, 2.45) is 0 Å². The molecule has 0 saturated heterocycles. The molecular formula is C17H18N2O5S. The third-order valence-corrected chi connectivity index (χ3v) is 4.82. The van der Waals surface area contributed by atoms with E-state index in [2.05, 4.69) is 14.8 Å². The molecule has 0 atom stereocenters. The molecule has 7 nitrogen and oxygen atoms in total. The molecule has 0 radical (unpaired) electrons. The maximum atomic E-state index is 12.6. The Bertz CT molecular complexity index is 922. The van der Waals surface area contributed by atoms with Crippen LogP contribution in [0.25, 0.3) is 0 Å². The number of methoxy groups -OCH3 is 1. The van der Waals surface area contributed by atoms with Crippen molar-refractivity contribution in [2.75, 3.05) is 17.1 Å². The lowest BCUT2D eigenvalue weighted by atomic mass is 10.1. The number of nitrogens with one attached hydrogen (secondary N) is 2. The van der Waals surface area contributed by atoms with Crippen molar-refractivity contribution in [3.63, 3.8) is 0 Å². The van der Waals surface area contributed by atoms with Crippen molar-refractivity contribution in [1.29, 1.82) is 0 Å². The lowest BCUT2D eigenvalue weighted by molar-refractivity contribution is -0.114. The van der Waals surface area contributed by atoms with Crippen LogP contribution in [0.4, 0.5) is 11.4 Å². The number of sulfonamides is 1. The van der Waals surface area contributed by atoms with E-state index in [-0.39, 0.29) is 16.4 Å². The van der Waals surface area contributed by atoms with Gasteiger partial charge in [-0.05, 0) is 42.8 Å². The molecule has 2 aromatic carbocycles. The van der Waals surface area contributed by atoms with E-state index >= 15 is 0 Å². The van der Waals surface area contributed by atoms with Crippen LogP contribution < -0.4 is 10.0 Å². The van der Waals surface area contributed by atoms with Gasteiger partial charge >= 0.3 is 5.97 Å². The topological polar surface area (TPSA) is 102 Å². The van der Waals surface area contributed by atoms with Crippen LogP contribution in [-0.2, 0) is 19.6 Å². The van der Waals surface area contributed by atoms with Crippen molar-refractivity contribution in [3.8, 4) is 0 Å². The highest BCUT2D eigenvalue weighted by molar-refractivity contribution is 7.92. The Hall–Kier alpha value is -2.87. The number of esters is 1. The van der Waals surface area contributed by atoms with Crippen LogP contribution in [0.15, 0.2) is 47.4 Å². The largest absolute Gasteiger partial charge is 0.465 e. The number of hydrogen-bond acceptors (Lipinski definition) is 5. The summed E-state index contributed by atoms with van der Waals surface area (Å²) >= 11 is 0. The van der Waals surface area contributed by atoms with Gasteiger partial charge < -0.3 is 10.1 Å². The Labute approximate surface area is 146 Å². The van der Waals surface area contributed by atoms with Gasteiger partial charge in [0.25, 0.3) is 10.0 Å². The minimum absolute atomic E-state index is 0.0697. The molecule has 0 spiro atoms. The molecule has 2 N–H and O–H groups in total. The van der Waals surface area contributed by atoms with E-state index in [0.29, 0.717) is 16.9 Å². The van der Waals surface area contributed by atoms with E-state index in [4.69, 9.17) is 0 Å². The molecule has 1 amide bonds. The van der Waals surface area contributed by atoms with Crippen LogP contribution in [0, 0.1) is 6.92 Å². The van der Waals surface area contributed by atoms with Crippen molar-refractivity contribution in [3.05, 3.63) is 53.6 Å². The van der Waals surface area contributed by atoms with Gasteiger partial charge in [0.2, 0.25) is 5.91 Å². The second-order valence-corrected chi connectivity index (χ2v) is 6.97. The summed E-state index contributed by atoms with van der Waals surface area (Å²) in [6.45, 7) is 3.06. The molecule has 0 aliphatic heterocycles. The molecule has 0 unspecified atom stereocenters. The van der Waals surface area contributed by atoms with Gasteiger partial charge in [-0.25, -0.2) is 13.2 Å². The van der Waals surface area contributed by atoms with Gasteiger partial charge in [0.05, 0.1) is 23.3 Å². The molecule has 0 aromatic heterocycles. The molecule has 8 heteroatoms. The Kier molecular flexibility index (Phi) is 5.43. The minimum atomic E-state index is -3.92. The van der Waals surface area contributed by atoms with E-state index in [9.17, 15) is 18.0 Å². The van der Waals surface area contributed by atoms with E-state index < -0.39 is 16.0 Å². The highest BCUT2D eigenvalue weighted by Crippen LogP contribution is 2.26. The molecular weight excluding hydrogens is 344 g/mol. The van der Waals surface area contributed by atoms with Crippen LogP contribution in [0.2, 0.25) is 0 Å². The van der Waals surface area contributed by atoms with E-state index in [0.717, 1.165) is 0 Å². The number of ether oxygens (including phenoxy) is 1. The average Bonchev–Trinajstić information content (AvgIpc) is 2.57. The molecule has 0 saturated carbocycles. The van der Waals surface area contributed by atoms with Crippen LogP contribution in [0.5, 0.6) is 0 Å². The Balaban J connectivity index is 2.37. The number of benzene rings is 2. The van der Waals surface area contributed by atoms with Gasteiger partial charge in [0, 0.05) is 12.6 Å². The van der Waals surface area contributed by atoms with Gasteiger partial charge in [0.15, 0.2) is 0 Å². The smallest absolute Gasteiger partial charge is 0.337 e. The zero-order valence-corrected chi connectivity index (χ0v) is 14.8. The average molecular weight is 362 g/mol. The predicted octanol–water partition coefficient (Wildman–Crippen LogP) is 2.54. The number of hydrogen-bond donors (Lipinski definition) is 2. The third-order valence-electron chi connectivity index (χ3n) is 3.45. The summed E-state index contributed by atoms with van der Waals surface area (Å²) in [7, 11) is -2.69. The Morgan fingerprint density at radius 2 is 1.68 bits per heavy atom. The summed E-state index contributed by atoms with van der Waals surface area (Å²) in [4.78, 5) is 22.7. The SMILES string of the molecule is COC(=O)c1cccc(S(=O)(=O)Nc2cccc(NC(C)=O)c2C)c1. The molecule has 132 valence electrons. The quantitative estimate of drug-likeness (QED) is 0.796. The van der Waals surface area contributed by atoms with Crippen molar-refractivity contribution in [2.45, 2.75) is 18.7 Å². The fourth-order valence-corrected chi connectivity index (χ4v) is 3.35. The normalized spacial score (nSPS) is 10.8. The predicted molar refractivity (Wildman–Crippen MR) is 94.1 cm³/mol. The van der Waals surface area contributed by atoms with E-state index in [1.807, 2.05) is 0 Å². The molecule has 0 fully saturated rings. The molecule has 0 bridgehead atoms. The second kappa shape index (κ2) is 7.35. The van der Waals surface area contributed by atoms with Gasteiger partial charge in [-0.3, -0.25) is 9.52 Å². The number of carbonyl (C=O) groups excluding carboxylic acids is 2. The number of anilines is 2. The summed E-state index contributed by atoms with van der Waals surface area (Å²) in [6, 6.07) is 10.4. The summed E-state index contributed by atoms with van der Waals surface area (Å²) in [5.41, 5.74) is 1.55.